The van der Waals surface area contributed by atoms with Crippen LogP contribution in [0.4, 0.5) is 0 Å². The maximum atomic E-state index is 5.46. The lowest BCUT2D eigenvalue weighted by Gasteiger charge is -2.26. The van der Waals surface area contributed by atoms with Crippen LogP contribution in [-0.2, 0) is 6.54 Å². The monoisotopic (exact) mass is 259 g/mol. The van der Waals surface area contributed by atoms with Crippen molar-refractivity contribution in [2.24, 2.45) is 0 Å². The number of rotatable bonds is 2. The van der Waals surface area contributed by atoms with E-state index in [1.165, 1.54) is 0 Å². The second-order valence-electron chi connectivity index (χ2n) is 3.50. The zero-order valence-electron chi connectivity index (χ0n) is 8.22. The molecule has 1 aromatic rings. The molecule has 1 aromatic heterocycles. The molecular formula is C9H14BrN3O. The van der Waals surface area contributed by atoms with Crippen molar-refractivity contribution in [3.63, 3.8) is 0 Å². The Hall–Kier alpha value is -0.390. The van der Waals surface area contributed by atoms with Gasteiger partial charge in [-0.2, -0.15) is 0 Å². The second-order valence-corrected chi connectivity index (χ2v) is 4.18. The Labute approximate surface area is 91.8 Å². The van der Waals surface area contributed by atoms with Crippen molar-refractivity contribution < 1.29 is 4.42 Å². The summed E-state index contributed by atoms with van der Waals surface area (Å²) in [6, 6.07) is 0. The molecule has 0 amide bonds. The highest BCUT2D eigenvalue weighted by molar-refractivity contribution is 9.10. The molecule has 78 valence electrons. The van der Waals surface area contributed by atoms with Gasteiger partial charge in [-0.1, -0.05) is 0 Å². The van der Waals surface area contributed by atoms with Crippen LogP contribution in [0.5, 0.6) is 0 Å². The van der Waals surface area contributed by atoms with E-state index in [1.807, 2.05) is 6.92 Å². The third-order valence-corrected chi connectivity index (χ3v) is 2.78. The molecule has 1 aliphatic rings. The molecule has 5 heteroatoms. The lowest BCUT2D eigenvalue weighted by atomic mass is 10.3. The van der Waals surface area contributed by atoms with Crippen LogP contribution >= 0.6 is 15.9 Å². The Bertz CT molecular complexity index is 307. The van der Waals surface area contributed by atoms with Gasteiger partial charge in [0.1, 0.15) is 5.76 Å². The van der Waals surface area contributed by atoms with Gasteiger partial charge in [-0.3, -0.25) is 4.90 Å². The molecule has 1 saturated heterocycles. The molecule has 1 fully saturated rings. The van der Waals surface area contributed by atoms with Gasteiger partial charge in [0.2, 0.25) is 0 Å². The molecule has 0 atom stereocenters. The first-order valence-corrected chi connectivity index (χ1v) is 5.60. The van der Waals surface area contributed by atoms with E-state index >= 15 is 0 Å². The first-order chi connectivity index (χ1) is 6.75. The van der Waals surface area contributed by atoms with Crippen molar-refractivity contribution in [2.75, 3.05) is 26.2 Å². The van der Waals surface area contributed by atoms with Crippen LogP contribution in [-0.4, -0.2) is 36.1 Å². The maximum Gasteiger partial charge on any atom is 0.264 e. The number of piperazine rings is 1. The first kappa shape index (κ1) is 10.1. The quantitative estimate of drug-likeness (QED) is 0.866. The number of hydrogen-bond acceptors (Lipinski definition) is 4. The number of aromatic nitrogens is 1. The highest BCUT2D eigenvalue weighted by Crippen LogP contribution is 2.16. The zero-order valence-corrected chi connectivity index (χ0v) is 9.80. The minimum atomic E-state index is 0.583. The molecule has 0 saturated carbocycles. The number of oxazole rings is 1. The topological polar surface area (TPSA) is 41.3 Å². The molecule has 14 heavy (non-hydrogen) atoms. The van der Waals surface area contributed by atoms with Crippen molar-refractivity contribution in [3.05, 3.63) is 16.3 Å². The normalized spacial score (nSPS) is 18.7. The van der Waals surface area contributed by atoms with Crippen LogP contribution in [0.25, 0.3) is 0 Å². The van der Waals surface area contributed by atoms with Crippen LogP contribution in [0.1, 0.15) is 11.5 Å². The maximum absolute atomic E-state index is 5.46. The lowest BCUT2D eigenvalue weighted by Crippen LogP contribution is -2.42. The van der Waals surface area contributed by atoms with Gasteiger partial charge in [-0.15, -0.1) is 0 Å². The summed E-state index contributed by atoms with van der Waals surface area (Å²) in [5, 5.41) is 3.32. The van der Waals surface area contributed by atoms with E-state index < -0.39 is 0 Å². The molecule has 0 aromatic carbocycles. The summed E-state index contributed by atoms with van der Waals surface area (Å²) in [6.07, 6.45) is 0. The molecule has 0 unspecified atom stereocenters. The van der Waals surface area contributed by atoms with E-state index in [9.17, 15) is 0 Å². The van der Waals surface area contributed by atoms with Crippen molar-refractivity contribution in [1.29, 1.82) is 0 Å². The van der Waals surface area contributed by atoms with E-state index in [0.29, 0.717) is 4.80 Å². The number of nitrogens with zero attached hydrogens (tertiary/aromatic N) is 2. The predicted molar refractivity (Wildman–Crippen MR) is 57.1 cm³/mol. The van der Waals surface area contributed by atoms with Gasteiger partial charge in [-0.05, 0) is 6.92 Å². The van der Waals surface area contributed by atoms with Crippen LogP contribution < -0.4 is 5.32 Å². The predicted octanol–water partition coefficient (Wildman–Crippen LogP) is 1.15. The van der Waals surface area contributed by atoms with Crippen LogP contribution in [0.3, 0.4) is 0 Å². The Balaban J connectivity index is 1.98. The Morgan fingerprint density at radius 2 is 2.21 bits per heavy atom. The van der Waals surface area contributed by atoms with Gasteiger partial charge in [0.05, 0.1) is 12.2 Å². The van der Waals surface area contributed by atoms with Crippen molar-refractivity contribution in [2.45, 2.75) is 13.5 Å². The van der Waals surface area contributed by atoms with Crippen LogP contribution in [0.15, 0.2) is 9.22 Å². The standard InChI is InChI=1S/C9H14BrN3O/c1-7-8(14-9(10)12-7)6-13-4-2-11-3-5-13/h11H,2-6H2,1H3. The van der Waals surface area contributed by atoms with E-state index in [-0.39, 0.29) is 0 Å². The third-order valence-electron chi connectivity index (χ3n) is 2.44. The average Bonchev–Trinajstić information content (AvgIpc) is 2.47. The van der Waals surface area contributed by atoms with E-state index in [2.05, 4.69) is 31.1 Å². The van der Waals surface area contributed by atoms with E-state index in [4.69, 9.17) is 4.42 Å². The summed E-state index contributed by atoms with van der Waals surface area (Å²) in [5.74, 6) is 0.971. The van der Waals surface area contributed by atoms with Crippen LogP contribution in [0.2, 0.25) is 0 Å². The summed E-state index contributed by atoms with van der Waals surface area (Å²) in [4.78, 5) is 7.14. The van der Waals surface area contributed by atoms with Gasteiger partial charge >= 0.3 is 0 Å². The zero-order chi connectivity index (χ0) is 9.97. The summed E-state index contributed by atoms with van der Waals surface area (Å²) in [6.45, 7) is 7.14. The number of hydrogen-bond donors (Lipinski definition) is 1. The van der Waals surface area contributed by atoms with Crippen molar-refractivity contribution in [1.82, 2.24) is 15.2 Å². The lowest BCUT2D eigenvalue weighted by molar-refractivity contribution is 0.214. The fourth-order valence-electron chi connectivity index (χ4n) is 1.61. The van der Waals surface area contributed by atoms with Crippen molar-refractivity contribution >= 4 is 15.9 Å². The Kier molecular flexibility index (Phi) is 3.20. The molecule has 2 heterocycles. The molecule has 1 aliphatic heterocycles. The summed E-state index contributed by atoms with van der Waals surface area (Å²) < 4.78 is 5.46. The largest absolute Gasteiger partial charge is 0.435 e. The molecule has 0 bridgehead atoms. The molecule has 4 nitrogen and oxygen atoms in total. The SMILES string of the molecule is Cc1nc(Br)oc1CN1CCNCC1. The van der Waals surface area contributed by atoms with Gasteiger partial charge in [0, 0.05) is 42.1 Å². The molecule has 0 spiro atoms. The summed E-state index contributed by atoms with van der Waals surface area (Å²) >= 11 is 3.24. The molecule has 1 N–H and O–H groups in total. The first-order valence-electron chi connectivity index (χ1n) is 4.80. The molecule has 0 radical (unpaired) electrons. The molecular weight excluding hydrogens is 246 g/mol. The smallest absolute Gasteiger partial charge is 0.264 e. The highest BCUT2D eigenvalue weighted by atomic mass is 79.9. The second kappa shape index (κ2) is 4.42. The Morgan fingerprint density at radius 3 is 2.79 bits per heavy atom. The number of halogens is 1. The molecule has 0 aliphatic carbocycles. The van der Waals surface area contributed by atoms with Gasteiger partial charge in [-0.25, -0.2) is 4.98 Å². The summed E-state index contributed by atoms with van der Waals surface area (Å²) in [7, 11) is 0. The van der Waals surface area contributed by atoms with Crippen molar-refractivity contribution in [3.8, 4) is 0 Å². The number of aryl methyl sites for hydroxylation is 1. The van der Waals surface area contributed by atoms with E-state index in [1.54, 1.807) is 0 Å². The van der Waals surface area contributed by atoms with Crippen LogP contribution in [0, 0.1) is 6.92 Å². The average molecular weight is 260 g/mol. The molecule has 2 rings (SSSR count). The fourth-order valence-corrected chi connectivity index (χ4v) is 2.07. The van der Waals surface area contributed by atoms with Gasteiger partial charge in [0.15, 0.2) is 0 Å². The fraction of sp³-hybridized carbons (Fsp3) is 0.667. The van der Waals surface area contributed by atoms with E-state index in [0.717, 1.165) is 44.2 Å². The Morgan fingerprint density at radius 1 is 1.50 bits per heavy atom. The van der Waals surface area contributed by atoms with Gasteiger partial charge in [0.25, 0.3) is 4.80 Å². The third kappa shape index (κ3) is 2.34. The number of nitrogens with one attached hydrogen (secondary N) is 1. The highest BCUT2D eigenvalue weighted by Gasteiger charge is 2.14. The minimum absolute atomic E-state index is 0.583. The van der Waals surface area contributed by atoms with Gasteiger partial charge < -0.3 is 9.73 Å². The summed E-state index contributed by atoms with van der Waals surface area (Å²) in [5.41, 5.74) is 0.982. The minimum Gasteiger partial charge on any atom is -0.435 e.